The van der Waals surface area contributed by atoms with Gasteiger partial charge in [-0.25, -0.2) is 0 Å². The first-order chi connectivity index (χ1) is 4.27. The van der Waals surface area contributed by atoms with Gasteiger partial charge < -0.3 is 13.9 Å². The molecule has 0 aliphatic heterocycles. The van der Waals surface area contributed by atoms with Gasteiger partial charge in [0.2, 0.25) is 0 Å². The second kappa shape index (κ2) is 3.28. The summed E-state index contributed by atoms with van der Waals surface area (Å²) in [6.07, 6.45) is 0. The molecule has 0 rings (SSSR count). The molecule has 10 heavy (non-hydrogen) atoms. The normalized spacial score (nSPS) is 18.5. The fraction of sp³-hybridized carbons (Fsp3) is 1.00. The molecule has 5 heteroatoms. The van der Waals surface area contributed by atoms with Crippen LogP contribution < -0.4 is 0 Å². The monoisotopic (exact) mass is 184 g/mol. The molecule has 0 aromatic carbocycles. The molecule has 0 aliphatic rings. The van der Waals surface area contributed by atoms with E-state index in [-0.39, 0.29) is 0 Å². The summed E-state index contributed by atoms with van der Waals surface area (Å²) in [5.74, 6) is 0. The van der Waals surface area contributed by atoms with Gasteiger partial charge in [0.05, 0.1) is 5.60 Å². The van der Waals surface area contributed by atoms with E-state index in [1.807, 2.05) is 20.8 Å². The van der Waals surface area contributed by atoms with E-state index >= 15 is 0 Å². The first-order valence-corrected chi connectivity index (χ1v) is 5.45. The summed E-state index contributed by atoms with van der Waals surface area (Å²) in [5, 5.41) is 0. The van der Waals surface area contributed by atoms with Gasteiger partial charge in [-0.05, 0) is 32.6 Å². The van der Waals surface area contributed by atoms with E-state index in [2.05, 4.69) is 16.3 Å². The Morgan fingerprint density at radius 1 is 1.40 bits per heavy atom. The van der Waals surface area contributed by atoms with Gasteiger partial charge in [0, 0.05) is 7.11 Å². The Hall–Kier alpha value is 0.530. The zero-order chi connectivity index (χ0) is 8.41. The molecule has 3 nitrogen and oxygen atoms in total. The van der Waals surface area contributed by atoms with Crippen molar-refractivity contribution in [3.8, 4) is 0 Å². The SMILES string of the molecule is COP(O)(=S)OC(C)(C)C. The molecule has 1 atom stereocenters. The molecular formula is C5H13O3PS. The van der Waals surface area contributed by atoms with Crippen LogP contribution >= 0.6 is 6.72 Å². The third kappa shape index (κ3) is 5.33. The predicted molar refractivity (Wildman–Crippen MR) is 44.4 cm³/mol. The maximum absolute atomic E-state index is 9.14. The molecule has 1 unspecified atom stereocenters. The Bertz CT molecular complexity index is 151. The van der Waals surface area contributed by atoms with Gasteiger partial charge in [-0.1, -0.05) is 0 Å². The summed E-state index contributed by atoms with van der Waals surface area (Å²) >= 11 is 4.61. The van der Waals surface area contributed by atoms with Crippen molar-refractivity contribution < 1.29 is 13.9 Å². The first kappa shape index (κ1) is 10.5. The Morgan fingerprint density at radius 2 is 1.80 bits per heavy atom. The summed E-state index contributed by atoms with van der Waals surface area (Å²) in [7, 11) is 1.34. The van der Waals surface area contributed by atoms with Gasteiger partial charge in [0.1, 0.15) is 0 Å². The summed E-state index contributed by atoms with van der Waals surface area (Å²) in [6, 6.07) is 0. The van der Waals surface area contributed by atoms with E-state index in [0.717, 1.165) is 0 Å². The average molecular weight is 184 g/mol. The minimum absolute atomic E-state index is 0.444. The Morgan fingerprint density at radius 3 is 1.90 bits per heavy atom. The maximum atomic E-state index is 9.14. The molecular weight excluding hydrogens is 171 g/mol. The van der Waals surface area contributed by atoms with Crippen molar-refractivity contribution in [2.45, 2.75) is 26.4 Å². The van der Waals surface area contributed by atoms with Crippen molar-refractivity contribution in [3.63, 3.8) is 0 Å². The lowest BCUT2D eigenvalue weighted by Gasteiger charge is -2.24. The largest absolute Gasteiger partial charge is 0.324 e. The van der Waals surface area contributed by atoms with Crippen LogP contribution in [-0.4, -0.2) is 17.6 Å². The van der Waals surface area contributed by atoms with E-state index in [0.29, 0.717) is 0 Å². The molecule has 62 valence electrons. The van der Waals surface area contributed by atoms with E-state index < -0.39 is 12.3 Å². The summed E-state index contributed by atoms with van der Waals surface area (Å²) in [4.78, 5) is 9.14. The molecule has 0 spiro atoms. The van der Waals surface area contributed by atoms with E-state index in [9.17, 15) is 0 Å². The molecule has 0 radical (unpaired) electrons. The Kier molecular flexibility index (Phi) is 3.46. The van der Waals surface area contributed by atoms with Crippen LogP contribution in [0.1, 0.15) is 20.8 Å². The van der Waals surface area contributed by atoms with Crippen LogP contribution in [0.25, 0.3) is 0 Å². The van der Waals surface area contributed by atoms with Crippen molar-refractivity contribution in [1.29, 1.82) is 0 Å². The molecule has 0 aliphatic carbocycles. The number of hydrogen-bond donors (Lipinski definition) is 1. The molecule has 1 N–H and O–H groups in total. The lowest BCUT2D eigenvalue weighted by molar-refractivity contribution is 0.0988. The smallest absolute Gasteiger partial charge is 0.324 e. The standard InChI is InChI=1S/C5H13O3PS/c1-5(2,3)8-9(6,10)7-4/h1-4H3,(H,6,10). The first-order valence-electron chi connectivity index (χ1n) is 2.86. The van der Waals surface area contributed by atoms with Gasteiger partial charge in [-0.3, -0.25) is 0 Å². The quantitative estimate of drug-likeness (QED) is 0.662. The molecule has 0 aromatic heterocycles. The highest BCUT2D eigenvalue weighted by molar-refractivity contribution is 8.07. The van der Waals surface area contributed by atoms with Crippen molar-refractivity contribution >= 4 is 18.5 Å². The van der Waals surface area contributed by atoms with Gasteiger partial charge in [0.15, 0.2) is 0 Å². The Balaban J connectivity index is 4.03. The van der Waals surface area contributed by atoms with E-state index in [4.69, 9.17) is 9.42 Å². The molecule has 0 heterocycles. The molecule has 0 fully saturated rings. The maximum Gasteiger partial charge on any atom is 0.324 e. The van der Waals surface area contributed by atoms with Crippen LogP contribution in [0.3, 0.4) is 0 Å². The molecule has 0 bridgehead atoms. The Labute approximate surface area is 66.6 Å². The van der Waals surface area contributed by atoms with Gasteiger partial charge >= 0.3 is 6.72 Å². The van der Waals surface area contributed by atoms with Crippen LogP contribution in [-0.2, 0) is 20.9 Å². The second-order valence-electron chi connectivity index (χ2n) is 2.85. The lowest BCUT2D eigenvalue weighted by Crippen LogP contribution is -2.17. The van der Waals surface area contributed by atoms with Crippen LogP contribution in [0, 0.1) is 0 Å². The van der Waals surface area contributed by atoms with Gasteiger partial charge in [-0.2, -0.15) is 0 Å². The van der Waals surface area contributed by atoms with Crippen molar-refractivity contribution in [3.05, 3.63) is 0 Å². The van der Waals surface area contributed by atoms with Crippen LogP contribution in [0.2, 0.25) is 0 Å². The van der Waals surface area contributed by atoms with Gasteiger partial charge in [-0.15, -0.1) is 0 Å². The second-order valence-corrected chi connectivity index (χ2v) is 5.72. The minimum atomic E-state index is -2.96. The van der Waals surface area contributed by atoms with Gasteiger partial charge in [0.25, 0.3) is 0 Å². The fourth-order valence-electron chi connectivity index (χ4n) is 0.383. The third-order valence-electron chi connectivity index (χ3n) is 0.620. The minimum Gasteiger partial charge on any atom is -0.324 e. The summed E-state index contributed by atoms with van der Waals surface area (Å²) < 4.78 is 9.61. The molecule has 0 amide bonds. The van der Waals surface area contributed by atoms with Crippen molar-refractivity contribution in [2.75, 3.05) is 7.11 Å². The molecule has 0 saturated carbocycles. The van der Waals surface area contributed by atoms with E-state index in [1.54, 1.807) is 0 Å². The van der Waals surface area contributed by atoms with Crippen LogP contribution in [0.15, 0.2) is 0 Å². The fourth-order valence-corrected chi connectivity index (χ4v) is 1.82. The van der Waals surface area contributed by atoms with E-state index in [1.165, 1.54) is 7.11 Å². The summed E-state index contributed by atoms with van der Waals surface area (Å²) in [5.41, 5.74) is -0.444. The highest BCUT2D eigenvalue weighted by Gasteiger charge is 2.22. The zero-order valence-electron chi connectivity index (χ0n) is 6.62. The molecule has 0 aromatic rings. The van der Waals surface area contributed by atoms with Crippen molar-refractivity contribution in [2.24, 2.45) is 0 Å². The van der Waals surface area contributed by atoms with Crippen LogP contribution in [0.5, 0.6) is 0 Å². The number of rotatable bonds is 2. The van der Waals surface area contributed by atoms with Crippen LogP contribution in [0.4, 0.5) is 0 Å². The predicted octanol–water partition coefficient (Wildman–Crippen LogP) is 1.66. The zero-order valence-corrected chi connectivity index (χ0v) is 8.33. The third-order valence-corrected chi connectivity index (χ3v) is 2.53. The number of hydrogen-bond acceptors (Lipinski definition) is 3. The molecule has 0 saturated heterocycles. The average Bonchev–Trinajstić information content (AvgIpc) is 1.60. The lowest BCUT2D eigenvalue weighted by atomic mass is 10.2. The van der Waals surface area contributed by atoms with Crippen molar-refractivity contribution in [1.82, 2.24) is 0 Å². The highest BCUT2D eigenvalue weighted by atomic mass is 32.5. The summed E-state index contributed by atoms with van der Waals surface area (Å²) in [6.45, 7) is 2.46. The topological polar surface area (TPSA) is 38.7 Å². The highest BCUT2D eigenvalue weighted by Crippen LogP contribution is 2.46.